The summed E-state index contributed by atoms with van der Waals surface area (Å²) in [6.45, 7) is 4.97. The van der Waals surface area contributed by atoms with Crippen LogP contribution in [0.5, 0.6) is 5.75 Å². The molecule has 2 aromatic rings. The van der Waals surface area contributed by atoms with Gasteiger partial charge in [0.1, 0.15) is 5.75 Å². The van der Waals surface area contributed by atoms with Crippen LogP contribution < -0.4 is 14.8 Å². The number of rotatable bonds is 8. The van der Waals surface area contributed by atoms with Crippen molar-refractivity contribution in [2.24, 2.45) is 0 Å². The number of benzene rings is 2. The third-order valence-electron chi connectivity index (χ3n) is 3.55. The molecule has 28 heavy (non-hydrogen) atoms. The Hall–Kier alpha value is -2.98. The summed E-state index contributed by atoms with van der Waals surface area (Å²) in [5, 5.41) is 13.3. The second-order valence-electron chi connectivity index (χ2n) is 6.30. The second-order valence-corrected chi connectivity index (χ2v) is 8.01. The zero-order chi connectivity index (χ0) is 20.9. The van der Waals surface area contributed by atoms with Crippen molar-refractivity contribution in [2.75, 3.05) is 5.32 Å². The summed E-state index contributed by atoms with van der Waals surface area (Å²) < 4.78 is 32.1. The SMILES string of the molecule is CC(C)NS(=O)(=O)c1ccc(NC(=O)[C@@H](C)Oc2ccc([N+](=O)[O-])cc2)cc1. The van der Waals surface area contributed by atoms with E-state index < -0.39 is 27.0 Å². The summed E-state index contributed by atoms with van der Waals surface area (Å²) in [5.74, 6) is -0.135. The van der Waals surface area contributed by atoms with Crippen LogP contribution in [-0.4, -0.2) is 31.4 Å². The van der Waals surface area contributed by atoms with Crippen molar-refractivity contribution < 1.29 is 22.9 Å². The molecule has 2 aromatic carbocycles. The van der Waals surface area contributed by atoms with Gasteiger partial charge in [0.05, 0.1) is 9.82 Å². The number of carbonyl (C=O) groups is 1. The minimum Gasteiger partial charge on any atom is -0.481 e. The Morgan fingerprint density at radius 2 is 1.61 bits per heavy atom. The average molecular weight is 407 g/mol. The van der Waals surface area contributed by atoms with E-state index in [4.69, 9.17) is 4.74 Å². The lowest BCUT2D eigenvalue weighted by Gasteiger charge is -2.15. The quantitative estimate of drug-likeness (QED) is 0.511. The Bertz CT molecular complexity index is 940. The van der Waals surface area contributed by atoms with E-state index in [-0.39, 0.29) is 16.6 Å². The molecular weight excluding hydrogens is 386 g/mol. The van der Waals surface area contributed by atoms with Gasteiger partial charge < -0.3 is 10.1 Å². The minimum absolute atomic E-state index is 0.0774. The Labute approximate surface area is 162 Å². The molecule has 2 rings (SSSR count). The molecule has 1 atom stereocenters. The van der Waals surface area contributed by atoms with Crippen molar-refractivity contribution in [1.82, 2.24) is 4.72 Å². The van der Waals surface area contributed by atoms with E-state index in [0.717, 1.165) is 0 Å². The standard InChI is InChI=1S/C18H21N3O6S/c1-12(2)20-28(25,26)17-10-4-14(5-11-17)19-18(22)13(3)27-16-8-6-15(7-9-16)21(23)24/h4-13,20H,1-3H3,(H,19,22)/t13-/m1/s1. The van der Waals surface area contributed by atoms with Gasteiger partial charge in [0.25, 0.3) is 11.6 Å². The van der Waals surface area contributed by atoms with Crippen molar-refractivity contribution in [3.05, 3.63) is 58.6 Å². The molecule has 150 valence electrons. The number of nitrogens with one attached hydrogen (secondary N) is 2. The number of anilines is 1. The van der Waals surface area contributed by atoms with Crippen LogP contribution in [0, 0.1) is 10.1 Å². The molecule has 0 bridgehead atoms. The van der Waals surface area contributed by atoms with Crippen LogP contribution in [0.4, 0.5) is 11.4 Å². The van der Waals surface area contributed by atoms with Gasteiger partial charge in [0, 0.05) is 23.9 Å². The van der Waals surface area contributed by atoms with Crippen molar-refractivity contribution in [3.8, 4) is 5.75 Å². The summed E-state index contributed by atoms with van der Waals surface area (Å²) in [7, 11) is -3.61. The fourth-order valence-corrected chi connectivity index (χ4v) is 3.49. The molecule has 0 fully saturated rings. The fraction of sp³-hybridized carbons (Fsp3) is 0.278. The van der Waals surface area contributed by atoms with Gasteiger partial charge in [-0.15, -0.1) is 0 Å². The number of ether oxygens (including phenoxy) is 1. The summed E-state index contributed by atoms with van der Waals surface area (Å²) >= 11 is 0. The molecule has 0 unspecified atom stereocenters. The van der Waals surface area contributed by atoms with Gasteiger partial charge in [0.2, 0.25) is 10.0 Å². The summed E-state index contributed by atoms with van der Waals surface area (Å²) in [6, 6.07) is 10.9. The highest BCUT2D eigenvalue weighted by atomic mass is 32.2. The van der Waals surface area contributed by atoms with Crippen molar-refractivity contribution in [2.45, 2.75) is 37.8 Å². The molecule has 0 spiro atoms. The van der Waals surface area contributed by atoms with E-state index in [1.807, 2.05) is 0 Å². The largest absolute Gasteiger partial charge is 0.481 e. The van der Waals surface area contributed by atoms with Crippen molar-refractivity contribution in [1.29, 1.82) is 0 Å². The molecule has 2 N–H and O–H groups in total. The first-order valence-corrected chi connectivity index (χ1v) is 9.91. The maximum Gasteiger partial charge on any atom is 0.269 e. The third kappa shape index (κ3) is 5.76. The lowest BCUT2D eigenvalue weighted by atomic mass is 10.3. The number of hydrogen-bond donors (Lipinski definition) is 2. The smallest absolute Gasteiger partial charge is 0.269 e. The summed E-state index contributed by atoms with van der Waals surface area (Å²) in [5.41, 5.74) is 0.332. The lowest BCUT2D eigenvalue weighted by Crippen LogP contribution is -2.31. The Morgan fingerprint density at radius 3 is 2.11 bits per heavy atom. The molecule has 0 aliphatic heterocycles. The molecule has 10 heteroatoms. The van der Waals surface area contributed by atoms with E-state index in [1.165, 1.54) is 55.5 Å². The van der Waals surface area contributed by atoms with Crippen LogP contribution in [0.1, 0.15) is 20.8 Å². The van der Waals surface area contributed by atoms with E-state index in [0.29, 0.717) is 11.4 Å². The zero-order valence-corrected chi connectivity index (χ0v) is 16.4. The molecule has 1 amide bonds. The average Bonchev–Trinajstić information content (AvgIpc) is 2.61. The predicted octanol–water partition coefficient (Wildman–Crippen LogP) is 2.69. The monoisotopic (exact) mass is 407 g/mol. The van der Waals surface area contributed by atoms with E-state index in [2.05, 4.69) is 10.0 Å². The molecule has 0 aromatic heterocycles. The number of hydrogen-bond acceptors (Lipinski definition) is 6. The van der Waals surface area contributed by atoms with Crippen molar-refractivity contribution in [3.63, 3.8) is 0 Å². The first-order valence-electron chi connectivity index (χ1n) is 8.43. The van der Waals surface area contributed by atoms with Crippen LogP contribution in [0.2, 0.25) is 0 Å². The van der Waals surface area contributed by atoms with Gasteiger partial charge in [-0.2, -0.15) is 0 Å². The number of non-ortho nitro benzene ring substituents is 1. The summed E-state index contributed by atoms with van der Waals surface area (Å²) in [6.07, 6.45) is -0.868. The molecule has 0 heterocycles. The minimum atomic E-state index is -3.61. The Morgan fingerprint density at radius 1 is 1.04 bits per heavy atom. The number of carbonyl (C=O) groups excluding carboxylic acids is 1. The highest BCUT2D eigenvalue weighted by Crippen LogP contribution is 2.19. The van der Waals surface area contributed by atoms with Crippen LogP contribution in [0.3, 0.4) is 0 Å². The molecule has 0 saturated carbocycles. The zero-order valence-electron chi connectivity index (χ0n) is 15.6. The maximum absolute atomic E-state index is 12.2. The van der Waals surface area contributed by atoms with Crippen LogP contribution in [-0.2, 0) is 14.8 Å². The van der Waals surface area contributed by atoms with Crippen LogP contribution >= 0.6 is 0 Å². The molecule has 0 aliphatic rings. The first kappa shape index (κ1) is 21.3. The number of nitro benzene ring substituents is 1. The molecular formula is C18H21N3O6S. The lowest BCUT2D eigenvalue weighted by molar-refractivity contribution is -0.384. The van der Waals surface area contributed by atoms with Gasteiger partial charge in [0.15, 0.2) is 6.10 Å². The maximum atomic E-state index is 12.2. The number of nitro groups is 1. The van der Waals surface area contributed by atoms with Crippen molar-refractivity contribution >= 4 is 27.3 Å². The molecule has 0 aliphatic carbocycles. The number of amides is 1. The summed E-state index contributed by atoms with van der Waals surface area (Å²) in [4.78, 5) is 22.5. The molecule has 9 nitrogen and oxygen atoms in total. The first-order chi connectivity index (χ1) is 13.1. The topological polar surface area (TPSA) is 128 Å². The van der Waals surface area contributed by atoms with E-state index in [9.17, 15) is 23.3 Å². The number of nitrogens with zero attached hydrogens (tertiary/aromatic N) is 1. The van der Waals surface area contributed by atoms with Crippen LogP contribution in [0.15, 0.2) is 53.4 Å². The second kappa shape index (κ2) is 8.81. The van der Waals surface area contributed by atoms with Gasteiger partial charge in [-0.05, 0) is 57.2 Å². The van der Waals surface area contributed by atoms with Gasteiger partial charge in [-0.25, -0.2) is 13.1 Å². The third-order valence-corrected chi connectivity index (χ3v) is 5.23. The van der Waals surface area contributed by atoms with Crippen LogP contribution in [0.25, 0.3) is 0 Å². The molecule has 0 radical (unpaired) electrons. The van der Waals surface area contributed by atoms with Gasteiger partial charge in [-0.1, -0.05) is 0 Å². The number of sulfonamides is 1. The van der Waals surface area contributed by atoms with E-state index in [1.54, 1.807) is 13.8 Å². The van der Waals surface area contributed by atoms with Gasteiger partial charge >= 0.3 is 0 Å². The normalized spacial score (nSPS) is 12.4. The highest BCUT2D eigenvalue weighted by molar-refractivity contribution is 7.89. The molecule has 0 saturated heterocycles. The van der Waals surface area contributed by atoms with Gasteiger partial charge in [-0.3, -0.25) is 14.9 Å². The highest BCUT2D eigenvalue weighted by Gasteiger charge is 2.18. The predicted molar refractivity (Wildman–Crippen MR) is 104 cm³/mol. The fourth-order valence-electron chi connectivity index (χ4n) is 2.24. The Balaban J connectivity index is 1.99. The Kier molecular flexibility index (Phi) is 6.71. The van der Waals surface area contributed by atoms with E-state index >= 15 is 0 Å².